The number of amides is 1. The molecule has 2 heterocycles. The highest BCUT2D eigenvalue weighted by atomic mass is 32.2. The van der Waals surface area contributed by atoms with Crippen molar-refractivity contribution in [3.05, 3.63) is 46.1 Å². The van der Waals surface area contributed by atoms with Crippen molar-refractivity contribution >= 4 is 17.7 Å². The van der Waals surface area contributed by atoms with Crippen LogP contribution in [0.4, 0.5) is 0 Å². The summed E-state index contributed by atoms with van der Waals surface area (Å²) in [6, 6.07) is 8.03. The monoisotopic (exact) mass is 409 g/mol. The summed E-state index contributed by atoms with van der Waals surface area (Å²) < 4.78 is 11.2. The van der Waals surface area contributed by atoms with E-state index in [1.807, 2.05) is 25.1 Å². The van der Waals surface area contributed by atoms with E-state index in [1.54, 1.807) is 11.9 Å². The Morgan fingerprint density at radius 1 is 1.28 bits per heavy atom. The molecule has 7 heteroatoms. The van der Waals surface area contributed by atoms with Crippen molar-refractivity contribution in [3.63, 3.8) is 0 Å². The van der Waals surface area contributed by atoms with E-state index in [0.717, 1.165) is 47.6 Å². The summed E-state index contributed by atoms with van der Waals surface area (Å²) in [5.74, 6) is 1.71. The lowest BCUT2D eigenvalue weighted by Crippen LogP contribution is -2.28. The van der Waals surface area contributed by atoms with Crippen LogP contribution in [0.2, 0.25) is 0 Å². The molecule has 1 aliphatic heterocycles. The third-order valence-corrected chi connectivity index (χ3v) is 6.32. The van der Waals surface area contributed by atoms with Gasteiger partial charge in [-0.1, -0.05) is 17.8 Å². The number of aryl methyl sites for hydroxylation is 1. The maximum Gasteiger partial charge on any atom is 0.233 e. The molecule has 1 aromatic heterocycles. The van der Waals surface area contributed by atoms with Gasteiger partial charge in [-0.3, -0.25) is 4.79 Å². The van der Waals surface area contributed by atoms with Gasteiger partial charge in [-0.25, -0.2) is 4.98 Å². The van der Waals surface area contributed by atoms with Gasteiger partial charge < -0.3 is 14.4 Å². The van der Waals surface area contributed by atoms with Gasteiger partial charge in [-0.15, -0.1) is 0 Å². The van der Waals surface area contributed by atoms with Crippen LogP contribution in [0.15, 0.2) is 23.2 Å². The lowest BCUT2D eigenvalue weighted by molar-refractivity contribution is -0.127. The van der Waals surface area contributed by atoms with Gasteiger partial charge in [0.25, 0.3) is 0 Å². The normalized spacial score (nSPS) is 14.2. The molecule has 4 rings (SSSR count). The predicted octanol–water partition coefficient (Wildman–Crippen LogP) is 3.27. The van der Waals surface area contributed by atoms with E-state index in [-0.39, 0.29) is 11.7 Å². The molecule has 0 N–H and O–H groups in total. The number of fused-ring (bicyclic) bond motifs is 2. The summed E-state index contributed by atoms with van der Waals surface area (Å²) >= 11 is 1.35. The van der Waals surface area contributed by atoms with Crippen LogP contribution in [0, 0.1) is 18.3 Å². The van der Waals surface area contributed by atoms with E-state index in [9.17, 15) is 10.1 Å². The van der Waals surface area contributed by atoms with Gasteiger partial charge in [0.05, 0.1) is 11.3 Å². The molecule has 0 fully saturated rings. The number of nitrogens with zero attached hydrogens (tertiary/aromatic N) is 3. The molecule has 0 saturated carbocycles. The zero-order valence-corrected chi connectivity index (χ0v) is 17.5. The van der Waals surface area contributed by atoms with Crippen LogP contribution in [0.1, 0.15) is 34.4 Å². The van der Waals surface area contributed by atoms with Crippen LogP contribution in [0.3, 0.4) is 0 Å². The molecular weight excluding hydrogens is 386 g/mol. The minimum absolute atomic E-state index is 0.00581. The molecular formula is C22H23N3O3S. The smallest absolute Gasteiger partial charge is 0.233 e. The van der Waals surface area contributed by atoms with Gasteiger partial charge in [0, 0.05) is 19.3 Å². The minimum Gasteiger partial charge on any atom is -0.486 e. The average molecular weight is 410 g/mol. The molecule has 0 radical (unpaired) electrons. The first-order chi connectivity index (χ1) is 14.1. The Morgan fingerprint density at radius 2 is 2.07 bits per heavy atom. The topological polar surface area (TPSA) is 75.5 Å². The zero-order chi connectivity index (χ0) is 20.4. The third kappa shape index (κ3) is 4.03. The van der Waals surface area contributed by atoms with Crippen LogP contribution in [-0.2, 0) is 24.2 Å². The standard InChI is InChI=1S/C22H23N3O3S/c1-14-16-4-3-5-18(16)24-22(17(14)11-23)29-13-21(26)25(2)12-15-6-7-19-20(10-15)28-9-8-27-19/h6-7,10H,3-5,8-9,12-13H2,1-2H3. The molecule has 29 heavy (non-hydrogen) atoms. The second-order valence-corrected chi connectivity index (χ2v) is 8.29. The lowest BCUT2D eigenvalue weighted by atomic mass is 10.0. The Bertz CT molecular complexity index is 1000. The first-order valence-electron chi connectivity index (χ1n) is 9.74. The van der Waals surface area contributed by atoms with Crippen LogP contribution in [0.25, 0.3) is 0 Å². The number of thioether (sulfide) groups is 1. The van der Waals surface area contributed by atoms with Gasteiger partial charge in [-0.2, -0.15) is 5.26 Å². The Hall–Kier alpha value is -2.72. The third-order valence-electron chi connectivity index (χ3n) is 5.36. The van der Waals surface area contributed by atoms with Gasteiger partial charge in [-0.05, 0) is 55.0 Å². The number of rotatable bonds is 5. The Kier molecular flexibility index (Phi) is 5.63. The van der Waals surface area contributed by atoms with Crippen molar-refractivity contribution < 1.29 is 14.3 Å². The highest BCUT2D eigenvalue weighted by Gasteiger charge is 2.22. The second kappa shape index (κ2) is 8.34. The molecule has 1 amide bonds. The summed E-state index contributed by atoms with van der Waals surface area (Å²) in [7, 11) is 1.78. The quantitative estimate of drug-likeness (QED) is 0.706. The number of aromatic nitrogens is 1. The highest BCUT2D eigenvalue weighted by molar-refractivity contribution is 8.00. The van der Waals surface area contributed by atoms with Gasteiger partial charge in [0.2, 0.25) is 5.91 Å². The van der Waals surface area contributed by atoms with E-state index in [0.29, 0.717) is 30.3 Å². The van der Waals surface area contributed by atoms with E-state index in [2.05, 4.69) is 11.1 Å². The number of benzene rings is 1. The first-order valence-corrected chi connectivity index (χ1v) is 10.7. The molecule has 0 unspecified atom stereocenters. The van der Waals surface area contributed by atoms with Crippen molar-refractivity contribution in [1.29, 1.82) is 5.26 Å². The maximum absolute atomic E-state index is 12.7. The number of pyridine rings is 1. The molecule has 0 atom stereocenters. The summed E-state index contributed by atoms with van der Waals surface area (Å²) in [5.41, 5.74) is 4.92. The zero-order valence-electron chi connectivity index (χ0n) is 16.7. The Morgan fingerprint density at radius 3 is 2.86 bits per heavy atom. The van der Waals surface area contributed by atoms with E-state index >= 15 is 0 Å². The van der Waals surface area contributed by atoms with Gasteiger partial charge in [0.15, 0.2) is 11.5 Å². The fourth-order valence-electron chi connectivity index (χ4n) is 3.77. The molecule has 1 aromatic carbocycles. The number of carbonyl (C=O) groups is 1. The molecule has 0 saturated heterocycles. The SMILES string of the molecule is Cc1c(C#N)c(SCC(=O)N(C)Cc2ccc3c(c2)OCCO3)nc2c1CCC2. The molecule has 2 aromatic rings. The molecule has 0 bridgehead atoms. The van der Waals surface area contributed by atoms with Crippen molar-refractivity contribution in [2.24, 2.45) is 0 Å². The maximum atomic E-state index is 12.7. The Balaban J connectivity index is 1.41. The van der Waals surface area contributed by atoms with E-state index in [4.69, 9.17) is 9.47 Å². The molecule has 1 aliphatic carbocycles. The van der Waals surface area contributed by atoms with Crippen LogP contribution >= 0.6 is 11.8 Å². The van der Waals surface area contributed by atoms with Crippen molar-refractivity contribution in [2.75, 3.05) is 26.0 Å². The first kappa shape index (κ1) is 19.6. The molecule has 0 spiro atoms. The highest BCUT2D eigenvalue weighted by Crippen LogP contribution is 2.33. The van der Waals surface area contributed by atoms with Gasteiger partial charge in [0.1, 0.15) is 24.3 Å². The number of carbonyl (C=O) groups excluding carboxylic acids is 1. The average Bonchev–Trinajstić information content (AvgIpc) is 3.21. The van der Waals surface area contributed by atoms with Gasteiger partial charge >= 0.3 is 0 Å². The minimum atomic E-state index is -0.00581. The van der Waals surface area contributed by atoms with Crippen molar-refractivity contribution in [1.82, 2.24) is 9.88 Å². The van der Waals surface area contributed by atoms with Crippen LogP contribution in [0.5, 0.6) is 11.5 Å². The molecule has 150 valence electrons. The summed E-state index contributed by atoms with van der Waals surface area (Å²) in [5, 5.41) is 10.2. The summed E-state index contributed by atoms with van der Waals surface area (Å²) in [6.45, 7) is 3.57. The predicted molar refractivity (Wildman–Crippen MR) is 110 cm³/mol. The van der Waals surface area contributed by atoms with Crippen molar-refractivity contribution in [3.8, 4) is 17.6 Å². The second-order valence-electron chi connectivity index (χ2n) is 7.32. The largest absolute Gasteiger partial charge is 0.486 e. The molecule has 2 aliphatic rings. The number of nitriles is 1. The summed E-state index contributed by atoms with van der Waals surface area (Å²) in [4.78, 5) is 19.0. The number of hydrogen-bond acceptors (Lipinski definition) is 6. The summed E-state index contributed by atoms with van der Waals surface area (Å²) in [6.07, 6.45) is 3.03. The number of ether oxygens (including phenoxy) is 2. The van der Waals surface area contributed by atoms with E-state index < -0.39 is 0 Å². The van der Waals surface area contributed by atoms with Crippen LogP contribution < -0.4 is 9.47 Å². The fourth-order valence-corrected chi connectivity index (χ4v) is 4.77. The Labute approximate surface area is 174 Å². The number of hydrogen-bond donors (Lipinski definition) is 0. The molecule has 6 nitrogen and oxygen atoms in total. The van der Waals surface area contributed by atoms with Crippen LogP contribution in [-0.4, -0.2) is 41.8 Å². The lowest BCUT2D eigenvalue weighted by Gasteiger charge is -2.21. The fraction of sp³-hybridized carbons (Fsp3) is 0.409. The van der Waals surface area contributed by atoms with Crippen molar-refractivity contribution in [2.45, 2.75) is 37.8 Å². The van der Waals surface area contributed by atoms with E-state index in [1.165, 1.54) is 17.3 Å².